The Morgan fingerprint density at radius 3 is 1.80 bits per heavy atom. The van der Waals surface area contributed by atoms with Crippen LogP contribution in [0, 0.1) is 0 Å². The average Bonchev–Trinajstić information content (AvgIpc) is 3.90. The van der Waals surface area contributed by atoms with Crippen molar-refractivity contribution in [3.8, 4) is 0 Å². The highest BCUT2D eigenvalue weighted by atomic mass is 31.2. The summed E-state index contributed by atoms with van der Waals surface area (Å²) in [6.07, 6.45) is 39.4. The van der Waals surface area contributed by atoms with Gasteiger partial charge in [-0.05, 0) is 44.9 Å². The number of unbranched alkanes of at least 4 members (excludes halogenated alkanes) is 16. The first-order valence-corrected chi connectivity index (χ1v) is 23.8. The molecule has 0 saturated carbocycles. The SMILES string of the molecule is CCCCCCCCCCCCCCCCC(=O)OC[C@H](COP(=O)(O)OCC[N+](C)(C)C)OC(=O)CCC/C=C\C/C=C\C/C=C\CC1OC1CCCCC. The van der Waals surface area contributed by atoms with Crippen molar-refractivity contribution in [2.75, 3.05) is 47.5 Å². The Labute approximate surface area is 342 Å². The van der Waals surface area contributed by atoms with E-state index in [0.29, 0.717) is 36.1 Å². The highest BCUT2D eigenvalue weighted by Gasteiger charge is 2.36. The van der Waals surface area contributed by atoms with Crippen LogP contribution in [0.4, 0.5) is 0 Å². The maximum atomic E-state index is 12.7. The van der Waals surface area contributed by atoms with Gasteiger partial charge in [-0.25, -0.2) is 4.57 Å². The van der Waals surface area contributed by atoms with Crippen molar-refractivity contribution < 1.29 is 46.8 Å². The lowest BCUT2D eigenvalue weighted by Gasteiger charge is -2.24. The Hall–Kier alpha value is -1.81. The molecule has 56 heavy (non-hydrogen) atoms. The summed E-state index contributed by atoms with van der Waals surface area (Å²) in [7, 11) is 1.44. The first kappa shape index (κ1) is 52.2. The van der Waals surface area contributed by atoms with Crippen LogP contribution < -0.4 is 0 Å². The van der Waals surface area contributed by atoms with Gasteiger partial charge in [0.05, 0.1) is 40.0 Å². The molecule has 0 aromatic rings. The number of carbonyl (C=O) groups excluding carboxylic acids is 2. The van der Waals surface area contributed by atoms with Crippen LogP contribution in [0.2, 0.25) is 0 Å². The molecule has 1 aliphatic rings. The quantitative estimate of drug-likeness (QED) is 0.0161. The third kappa shape index (κ3) is 34.3. The Morgan fingerprint density at radius 2 is 1.20 bits per heavy atom. The van der Waals surface area contributed by atoms with Gasteiger partial charge < -0.3 is 23.6 Å². The number of hydrogen-bond donors (Lipinski definition) is 1. The fraction of sp³-hybridized carbons (Fsp3) is 0.822. The van der Waals surface area contributed by atoms with Crippen molar-refractivity contribution in [3.05, 3.63) is 36.5 Å². The molecule has 1 fully saturated rings. The van der Waals surface area contributed by atoms with Gasteiger partial charge in [-0.3, -0.25) is 18.6 Å². The number of nitrogens with zero attached hydrogens (tertiary/aromatic N) is 1. The van der Waals surface area contributed by atoms with Crippen LogP contribution in [-0.2, 0) is 37.4 Å². The van der Waals surface area contributed by atoms with Gasteiger partial charge in [0.25, 0.3) is 0 Å². The minimum absolute atomic E-state index is 0.0200. The maximum absolute atomic E-state index is 12.7. The summed E-state index contributed by atoms with van der Waals surface area (Å²) in [6.45, 7) is 4.32. The molecule has 0 radical (unpaired) electrons. The number of esters is 2. The second-order valence-electron chi connectivity index (χ2n) is 16.5. The summed E-state index contributed by atoms with van der Waals surface area (Å²) < 4.78 is 40.0. The maximum Gasteiger partial charge on any atom is 0.472 e. The summed E-state index contributed by atoms with van der Waals surface area (Å²) in [5, 5.41) is 0. The molecular weight excluding hydrogens is 729 g/mol. The van der Waals surface area contributed by atoms with E-state index in [9.17, 15) is 19.0 Å². The molecule has 3 unspecified atom stereocenters. The molecule has 0 bridgehead atoms. The zero-order valence-electron chi connectivity index (χ0n) is 36.3. The highest BCUT2D eigenvalue weighted by Crippen LogP contribution is 2.43. The van der Waals surface area contributed by atoms with E-state index in [-0.39, 0.29) is 32.0 Å². The summed E-state index contributed by atoms with van der Waals surface area (Å²) in [4.78, 5) is 35.3. The van der Waals surface area contributed by atoms with Gasteiger partial charge in [0.15, 0.2) is 6.10 Å². The summed E-state index contributed by atoms with van der Waals surface area (Å²) in [5.41, 5.74) is 0. The van der Waals surface area contributed by atoms with Crippen LogP contribution in [0.3, 0.4) is 0 Å². The fourth-order valence-corrected chi connectivity index (χ4v) is 6.96. The molecule has 0 spiro atoms. The van der Waals surface area contributed by atoms with Gasteiger partial charge in [0.2, 0.25) is 0 Å². The van der Waals surface area contributed by atoms with E-state index in [2.05, 4.69) is 44.2 Å². The average molecular weight is 813 g/mol. The molecule has 1 rings (SSSR count). The van der Waals surface area contributed by atoms with E-state index >= 15 is 0 Å². The normalized spacial score (nSPS) is 17.5. The molecule has 1 saturated heterocycles. The Bertz CT molecular complexity index is 1120. The van der Waals surface area contributed by atoms with Crippen molar-refractivity contribution in [3.63, 3.8) is 0 Å². The molecule has 326 valence electrons. The predicted octanol–water partition coefficient (Wildman–Crippen LogP) is 11.5. The zero-order chi connectivity index (χ0) is 41.2. The highest BCUT2D eigenvalue weighted by molar-refractivity contribution is 7.47. The molecule has 11 heteroatoms. The van der Waals surface area contributed by atoms with Crippen molar-refractivity contribution in [2.24, 2.45) is 0 Å². The molecule has 0 aromatic carbocycles. The van der Waals surface area contributed by atoms with Crippen LogP contribution in [-0.4, -0.2) is 87.1 Å². The van der Waals surface area contributed by atoms with Crippen molar-refractivity contribution in [1.29, 1.82) is 0 Å². The number of phosphoric ester groups is 1. The van der Waals surface area contributed by atoms with Gasteiger partial charge in [-0.15, -0.1) is 0 Å². The monoisotopic (exact) mass is 813 g/mol. The summed E-state index contributed by atoms with van der Waals surface area (Å²) in [6, 6.07) is 0. The van der Waals surface area contributed by atoms with E-state index in [1.807, 2.05) is 27.2 Å². The topological polar surface area (TPSA) is 121 Å². The van der Waals surface area contributed by atoms with E-state index in [0.717, 1.165) is 38.5 Å². The number of ether oxygens (including phenoxy) is 3. The van der Waals surface area contributed by atoms with Gasteiger partial charge in [-0.1, -0.05) is 153 Å². The molecule has 4 atom stereocenters. The number of epoxide rings is 1. The van der Waals surface area contributed by atoms with Crippen LogP contribution in [0.25, 0.3) is 0 Å². The minimum atomic E-state index is -4.39. The fourth-order valence-electron chi connectivity index (χ4n) is 6.22. The molecule has 1 heterocycles. The molecule has 0 amide bonds. The molecule has 10 nitrogen and oxygen atoms in total. The number of likely N-dealkylation sites (N-methyl/N-ethyl adjacent to an activating group) is 1. The number of quaternary nitrogens is 1. The molecule has 1 aliphatic heterocycles. The lowest BCUT2D eigenvalue weighted by atomic mass is 10.0. The van der Waals surface area contributed by atoms with Gasteiger partial charge in [-0.2, -0.15) is 0 Å². The third-order valence-electron chi connectivity index (χ3n) is 9.85. The number of allylic oxidation sites excluding steroid dienone is 5. The first-order chi connectivity index (χ1) is 27.0. The van der Waals surface area contributed by atoms with Gasteiger partial charge in [0.1, 0.15) is 19.8 Å². The summed E-state index contributed by atoms with van der Waals surface area (Å²) >= 11 is 0. The van der Waals surface area contributed by atoms with E-state index < -0.39 is 26.5 Å². The number of rotatable bonds is 39. The molecule has 0 aliphatic carbocycles. The van der Waals surface area contributed by atoms with E-state index in [1.165, 1.54) is 96.3 Å². The van der Waals surface area contributed by atoms with Crippen molar-refractivity contribution in [2.45, 2.75) is 193 Å². The van der Waals surface area contributed by atoms with Crippen molar-refractivity contribution in [1.82, 2.24) is 0 Å². The Balaban J connectivity index is 2.31. The van der Waals surface area contributed by atoms with Crippen molar-refractivity contribution >= 4 is 19.8 Å². The lowest BCUT2D eigenvalue weighted by Crippen LogP contribution is -2.37. The molecule has 0 aromatic heterocycles. The summed E-state index contributed by atoms with van der Waals surface area (Å²) in [5.74, 6) is -0.866. The van der Waals surface area contributed by atoms with Crippen LogP contribution in [0.5, 0.6) is 0 Å². The first-order valence-electron chi connectivity index (χ1n) is 22.3. The number of carbonyl (C=O) groups is 2. The zero-order valence-corrected chi connectivity index (χ0v) is 37.2. The second-order valence-corrected chi connectivity index (χ2v) is 17.9. The second kappa shape index (κ2) is 34.1. The lowest BCUT2D eigenvalue weighted by molar-refractivity contribution is -0.870. The van der Waals surface area contributed by atoms with Gasteiger partial charge in [0, 0.05) is 12.8 Å². The molecular formula is C45H83NO9P+. The standard InChI is InChI=1S/C45H82NO9P/c1-6-8-10-11-12-13-14-15-16-17-21-24-27-31-35-44(47)51-39-41(40-53-56(49,50)52-38-37-46(3,4)5)54-45(48)36-32-28-25-22-19-18-20-23-26-30-34-43-42(55-43)33-29-9-7-2/h18,20,22,25-26,30,41-43H,6-17,19,21,23-24,27-29,31-40H2,1-5H3/p+1/b20-18-,25-22-,30-26-/t41-,42?,43?/m1/s1. The molecule has 1 N–H and O–H groups in total. The largest absolute Gasteiger partial charge is 0.472 e. The van der Waals surface area contributed by atoms with Crippen LogP contribution in [0.15, 0.2) is 36.5 Å². The Kier molecular flexibility index (Phi) is 31.8. The van der Waals surface area contributed by atoms with E-state index in [4.69, 9.17) is 23.3 Å². The van der Waals surface area contributed by atoms with Crippen LogP contribution in [0.1, 0.15) is 174 Å². The minimum Gasteiger partial charge on any atom is -0.462 e. The van der Waals surface area contributed by atoms with E-state index in [1.54, 1.807) is 0 Å². The van der Waals surface area contributed by atoms with Gasteiger partial charge >= 0.3 is 19.8 Å². The number of hydrogen-bond acceptors (Lipinski definition) is 8. The predicted molar refractivity (Wildman–Crippen MR) is 228 cm³/mol. The third-order valence-corrected chi connectivity index (χ3v) is 10.8. The Morgan fingerprint density at radius 1 is 0.661 bits per heavy atom. The smallest absolute Gasteiger partial charge is 0.462 e. The van der Waals surface area contributed by atoms with Crippen LogP contribution >= 0.6 is 7.82 Å². The number of phosphoric acid groups is 1.